The monoisotopic (exact) mass is 298 g/mol. The highest BCUT2D eigenvalue weighted by atomic mass is 35.5. The highest BCUT2D eigenvalue weighted by Gasteiger charge is 2.18. The molecule has 6 heteroatoms. The summed E-state index contributed by atoms with van der Waals surface area (Å²) in [5, 5.41) is 5.19. The first-order valence-electron chi connectivity index (χ1n) is 6.26. The van der Waals surface area contributed by atoms with Crippen molar-refractivity contribution in [3.05, 3.63) is 29.8 Å². The van der Waals surface area contributed by atoms with Crippen LogP contribution in [0, 0.1) is 0 Å². The average molecular weight is 299 g/mol. The number of carbonyl (C=O) groups is 2. The number of alkyl halides is 1. The molecule has 0 aliphatic rings. The summed E-state index contributed by atoms with van der Waals surface area (Å²) < 4.78 is 5.26. The van der Waals surface area contributed by atoms with E-state index in [2.05, 4.69) is 10.6 Å². The van der Waals surface area contributed by atoms with Crippen molar-refractivity contribution in [1.29, 1.82) is 0 Å². The van der Waals surface area contributed by atoms with Gasteiger partial charge in [0, 0.05) is 18.1 Å². The molecule has 0 heterocycles. The van der Waals surface area contributed by atoms with E-state index in [9.17, 15) is 9.59 Å². The van der Waals surface area contributed by atoms with Crippen molar-refractivity contribution in [2.24, 2.45) is 0 Å². The van der Waals surface area contributed by atoms with Crippen LogP contribution >= 0.6 is 11.6 Å². The molecule has 0 aliphatic heterocycles. The summed E-state index contributed by atoms with van der Waals surface area (Å²) in [6.45, 7) is 5.77. The first-order valence-corrected chi connectivity index (χ1v) is 6.79. The van der Waals surface area contributed by atoms with Crippen LogP contribution in [0.5, 0.6) is 0 Å². The number of hydrogen-bond acceptors (Lipinski definition) is 3. The zero-order valence-electron chi connectivity index (χ0n) is 11.8. The second-order valence-electron chi connectivity index (χ2n) is 5.15. The number of benzene rings is 1. The summed E-state index contributed by atoms with van der Waals surface area (Å²) in [5.41, 5.74) is 0.341. The molecular weight excluding hydrogens is 280 g/mol. The predicted octanol–water partition coefficient (Wildman–Crippen LogP) is 3.00. The Morgan fingerprint density at radius 3 is 2.60 bits per heavy atom. The smallest absolute Gasteiger partial charge is 0.338 e. The summed E-state index contributed by atoms with van der Waals surface area (Å²) in [6, 6.07) is 6.20. The van der Waals surface area contributed by atoms with Crippen molar-refractivity contribution >= 4 is 29.3 Å². The summed E-state index contributed by atoms with van der Waals surface area (Å²) in [6.07, 6.45) is 0. The fraction of sp³-hybridized carbons (Fsp3) is 0.429. The number of carbonyl (C=O) groups excluding carboxylic acids is 2. The second kappa shape index (κ2) is 7.14. The lowest BCUT2D eigenvalue weighted by Gasteiger charge is -2.19. The lowest BCUT2D eigenvalue weighted by atomic mass is 10.1. The van der Waals surface area contributed by atoms with Crippen molar-refractivity contribution in [3.8, 4) is 0 Å². The number of esters is 1. The molecular formula is C14H19ClN2O3. The van der Waals surface area contributed by atoms with Crippen LogP contribution in [0.1, 0.15) is 31.1 Å². The van der Waals surface area contributed by atoms with Crippen LogP contribution < -0.4 is 10.6 Å². The van der Waals surface area contributed by atoms with E-state index < -0.39 is 11.6 Å². The highest BCUT2D eigenvalue weighted by Crippen LogP contribution is 2.15. The number of halogens is 1. The zero-order valence-corrected chi connectivity index (χ0v) is 12.6. The van der Waals surface area contributed by atoms with E-state index in [4.69, 9.17) is 16.3 Å². The third-order valence-corrected chi connectivity index (χ3v) is 2.32. The zero-order chi connectivity index (χ0) is 15.2. The maximum absolute atomic E-state index is 11.9. The lowest BCUT2D eigenvalue weighted by Crippen LogP contribution is -2.30. The van der Waals surface area contributed by atoms with E-state index in [1.165, 1.54) is 0 Å². The first-order chi connectivity index (χ1) is 9.31. The number of anilines is 1. The van der Waals surface area contributed by atoms with E-state index in [0.717, 1.165) is 0 Å². The van der Waals surface area contributed by atoms with Gasteiger partial charge in [0.15, 0.2) is 0 Å². The number of amides is 2. The summed E-state index contributed by atoms with van der Waals surface area (Å²) in [4.78, 5) is 23.4. The Kier molecular flexibility index (Phi) is 5.82. The Labute approximate surface area is 123 Å². The Morgan fingerprint density at radius 2 is 2.00 bits per heavy atom. The maximum Gasteiger partial charge on any atom is 0.338 e. The molecule has 0 fully saturated rings. The number of urea groups is 1. The minimum Gasteiger partial charge on any atom is -0.456 e. The van der Waals surface area contributed by atoms with Gasteiger partial charge in [0.05, 0.1) is 5.56 Å². The van der Waals surface area contributed by atoms with Crippen molar-refractivity contribution in [3.63, 3.8) is 0 Å². The molecule has 2 amide bonds. The Morgan fingerprint density at radius 1 is 1.30 bits per heavy atom. The Balaban J connectivity index is 2.70. The molecule has 1 rings (SSSR count). The van der Waals surface area contributed by atoms with Crippen LogP contribution in [0.2, 0.25) is 0 Å². The molecule has 0 saturated carbocycles. The topological polar surface area (TPSA) is 67.4 Å². The molecule has 0 radical (unpaired) electrons. The number of hydrogen-bond donors (Lipinski definition) is 2. The van der Waals surface area contributed by atoms with E-state index in [-0.39, 0.29) is 6.03 Å². The molecule has 0 saturated heterocycles. The fourth-order valence-electron chi connectivity index (χ4n) is 1.40. The quantitative estimate of drug-likeness (QED) is 0.663. The van der Waals surface area contributed by atoms with Gasteiger partial charge in [-0.3, -0.25) is 0 Å². The predicted molar refractivity (Wildman–Crippen MR) is 79.4 cm³/mol. The molecule has 1 aromatic rings. The second-order valence-corrected chi connectivity index (χ2v) is 5.53. The molecule has 0 atom stereocenters. The summed E-state index contributed by atoms with van der Waals surface area (Å²) >= 11 is 5.47. The van der Waals surface area contributed by atoms with E-state index in [1.807, 2.05) is 0 Å². The van der Waals surface area contributed by atoms with E-state index in [0.29, 0.717) is 23.7 Å². The average Bonchev–Trinajstić information content (AvgIpc) is 2.34. The Bertz CT molecular complexity index is 484. The number of rotatable bonds is 4. The van der Waals surface area contributed by atoms with Gasteiger partial charge in [0.25, 0.3) is 0 Å². The normalized spacial score (nSPS) is 10.8. The number of nitrogens with one attached hydrogen (secondary N) is 2. The molecule has 1 aromatic carbocycles. The third kappa shape index (κ3) is 5.93. The first kappa shape index (κ1) is 16.3. The largest absolute Gasteiger partial charge is 0.456 e. The molecule has 2 N–H and O–H groups in total. The van der Waals surface area contributed by atoms with E-state index in [1.54, 1.807) is 45.0 Å². The fourth-order valence-corrected chi connectivity index (χ4v) is 1.49. The van der Waals surface area contributed by atoms with Gasteiger partial charge in [-0.2, -0.15) is 0 Å². The van der Waals surface area contributed by atoms with Gasteiger partial charge in [-0.1, -0.05) is 6.07 Å². The molecule has 0 spiro atoms. The van der Waals surface area contributed by atoms with Crippen molar-refractivity contribution in [2.45, 2.75) is 26.4 Å². The van der Waals surface area contributed by atoms with Crippen LogP contribution in [0.3, 0.4) is 0 Å². The van der Waals surface area contributed by atoms with Crippen molar-refractivity contribution in [1.82, 2.24) is 5.32 Å². The van der Waals surface area contributed by atoms with Gasteiger partial charge < -0.3 is 15.4 Å². The minimum absolute atomic E-state index is 0.339. The van der Waals surface area contributed by atoms with Crippen molar-refractivity contribution in [2.75, 3.05) is 17.7 Å². The molecule has 110 valence electrons. The third-order valence-electron chi connectivity index (χ3n) is 2.14. The molecule has 0 aromatic heterocycles. The molecule has 5 nitrogen and oxygen atoms in total. The summed E-state index contributed by atoms with van der Waals surface area (Å²) in [5.74, 6) is -0.0898. The van der Waals surface area contributed by atoms with Gasteiger partial charge >= 0.3 is 12.0 Å². The minimum atomic E-state index is -0.557. The van der Waals surface area contributed by atoms with Crippen LogP contribution in [-0.4, -0.2) is 30.0 Å². The van der Waals surface area contributed by atoms with Gasteiger partial charge in [-0.15, -0.1) is 11.6 Å². The molecule has 0 unspecified atom stereocenters. The number of ether oxygens (including phenoxy) is 1. The summed E-state index contributed by atoms with van der Waals surface area (Å²) in [7, 11) is 0. The lowest BCUT2D eigenvalue weighted by molar-refractivity contribution is 0.00695. The van der Waals surface area contributed by atoms with Crippen LogP contribution in [0.4, 0.5) is 10.5 Å². The Hall–Kier alpha value is -1.75. The SMILES string of the molecule is CC(C)(C)OC(=O)c1cccc(NC(=O)NCCCl)c1. The molecule has 0 bridgehead atoms. The molecule has 20 heavy (non-hydrogen) atoms. The van der Waals surface area contributed by atoms with Gasteiger partial charge in [-0.05, 0) is 39.0 Å². The van der Waals surface area contributed by atoms with E-state index >= 15 is 0 Å². The van der Waals surface area contributed by atoms with Crippen LogP contribution in [-0.2, 0) is 4.74 Å². The van der Waals surface area contributed by atoms with Crippen LogP contribution in [0.25, 0.3) is 0 Å². The van der Waals surface area contributed by atoms with Gasteiger partial charge in [0.2, 0.25) is 0 Å². The highest BCUT2D eigenvalue weighted by molar-refractivity contribution is 6.18. The molecule has 0 aliphatic carbocycles. The standard InChI is InChI=1S/C14H19ClN2O3/c1-14(2,3)20-12(18)10-5-4-6-11(9-10)17-13(19)16-8-7-15/h4-6,9H,7-8H2,1-3H3,(H2,16,17,19). The van der Waals surface area contributed by atoms with Gasteiger partial charge in [-0.25, -0.2) is 9.59 Å². The van der Waals surface area contributed by atoms with Crippen LogP contribution in [0.15, 0.2) is 24.3 Å². The van der Waals surface area contributed by atoms with Gasteiger partial charge in [0.1, 0.15) is 5.60 Å². The maximum atomic E-state index is 11.9. The van der Waals surface area contributed by atoms with Crippen molar-refractivity contribution < 1.29 is 14.3 Å².